The Bertz CT molecular complexity index is 235. The summed E-state index contributed by atoms with van der Waals surface area (Å²) < 4.78 is 4.76. The van der Waals surface area contributed by atoms with Gasteiger partial charge in [-0.25, -0.2) is 0 Å². The molecule has 3 heteroatoms. The molecule has 0 aliphatic carbocycles. The largest absolute Gasteiger partial charge is 0.344 e. The molecule has 13 heavy (non-hydrogen) atoms. The van der Waals surface area contributed by atoms with Crippen molar-refractivity contribution in [2.75, 3.05) is 0 Å². The Morgan fingerprint density at radius 1 is 1.31 bits per heavy atom. The highest BCUT2D eigenvalue weighted by Crippen LogP contribution is 2.12. The molecule has 0 aromatic carbocycles. The van der Waals surface area contributed by atoms with Crippen molar-refractivity contribution in [1.29, 1.82) is 0 Å². The highest BCUT2D eigenvalue weighted by atomic mass is 35.5. The molecule has 0 spiro atoms. The maximum absolute atomic E-state index is 5.59. The van der Waals surface area contributed by atoms with Crippen LogP contribution in [-0.4, -0.2) is 5.16 Å². The maximum Gasteiger partial charge on any atom is 0.226 e. The topological polar surface area (TPSA) is 26.0 Å². The SMILES string of the molecule is CCCCCCCc1cc(Cl)on1. The second-order valence-electron chi connectivity index (χ2n) is 3.29. The Labute approximate surface area is 84.3 Å². The molecule has 0 aliphatic heterocycles. The van der Waals surface area contributed by atoms with Gasteiger partial charge in [0, 0.05) is 6.07 Å². The normalized spacial score (nSPS) is 10.6. The molecule has 2 nitrogen and oxygen atoms in total. The first-order valence-corrected chi connectivity index (χ1v) is 5.32. The standard InChI is InChI=1S/C10H16ClNO/c1-2-3-4-5-6-7-9-8-10(11)13-12-9/h8H,2-7H2,1H3. The first-order valence-electron chi connectivity index (χ1n) is 4.94. The van der Waals surface area contributed by atoms with Gasteiger partial charge in [-0.3, -0.25) is 0 Å². The number of halogens is 1. The fraction of sp³-hybridized carbons (Fsp3) is 0.700. The molecule has 0 amide bonds. The molecule has 0 saturated heterocycles. The molecule has 0 fully saturated rings. The molecule has 1 heterocycles. The summed E-state index contributed by atoms with van der Waals surface area (Å²) in [5.41, 5.74) is 0.974. The van der Waals surface area contributed by atoms with Gasteiger partial charge in [-0.05, 0) is 24.4 Å². The number of unbranched alkanes of at least 4 members (excludes halogenated alkanes) is 4. The number of hydrogen-bond donors (Lipinski definition) is 0. The Hall–Kier alpha value is -0.500. The van der Waals surface area contributed by atoms with Crippen molar-refractivity contribution in [3.8, 4) is 0 Å². The first kappa shape index (κ1) is 10.6. The van der Waals surface area contributed by atoms with Crippen LogP contribution in [0.5, 0.6) is 0 Å². The van der Waals surface area contributed by atoms with Gasteiger partial charge in [0.25, 0.3) is 0 Å². The zero-order valence-corrected chi connectivity index (χ0v) is 8.81. The summed E-state index contributed by atoms with van der Waals surface area (Å²) in [6.07, 6.45) is 7.39. The molecule has 0 aliphatic rings. The summed E-state index contributed by atoms with van der Waals surface area (Å²) in [7, 11) is 0. The van der Waals surface area contributed by atoms with E-state index >= 15 is 0 Å². The van der Waals surface area contributed by atoms with Crippen LogP contribution >= 0.6 is 11.6 Å². The van der Waals surface area contributed by atoms with Gasteiger partial charge in [-0.15, -0.1) is 0 Å². The van der Waals surface area contributed by atoms with E-state index in [0.29, 0.717) is 5.22 Å². The number of hydrogen-bond acceptors (Lipinski definition) is 2. The number of aryl methyl sites for hydroxylation is 1. The third-order valence-corrected chi connectivity index (χ3v) is 2.24. The van der Waals surface area contributed by atoms with Crippen molar-refractivity contribution >= 4 is 11.6 Å². The summed E-state index contributed by atoms with van der Waals surface area (Å²) in [5.74, 6) is 0. The van der Waals surface area contributed by atoms with Crippen molar-refractivity contribution < 1.29 is 4.52 Å². The molecule has 74 valence electrons. The van der Waals surface area contributed by atoms with Crippen molar-refractivity contribution in [2.24, 2.45) is 0 Å². The van der Waals surface area contributed by atoms with Crippen LogP contribution in [-0.2, 0) is 6.42 Å². The summed E-state index contributed by atoms with van der Waals surface area (Å²) >= 11 is 5.59. The lowest BCUT2D eigenvalue weighted by atomic mass is 10.1. The second kappa shape index (κ2) is 6.03. The van der Waals surface area contributed by atoms with Gasteiger partial charge < -0.3 is 4.52 Å². The highest BCUT2D eigenvalue weighted by Gasteiger charge is 2.00. The van der Waals surface area contributed by atoms with Crippen molar-refractivity contribution in [1.82, 2.24) is 5.16 Å². The van der Waals surface area contributed by atoms with Gasteiger partial charge in [0.1, 0.15) is 0 Å². The second-order valence-corrected chi connectivity index (χ2v) is 3.66. The third-order valence-electron chi connectivity index (χ3n) is 2.07. The van der Waals surface area contributed by atoms with Crippen LogP contribution in [0, 0.1) is 0 Å². The van der Waals surface area contributed by atoms with E-state index in [0.717, 1.165) is 12.1 Å². The fourth-order valence-electron chi connectivity index (χ4n) is 1.31. The lowest BCUT2D eigenvalue weighted by Crippen LogP contribution is -1.85. The van der Waals surface area contributed by atoms with Crippen molar-refractivity contribution in [3.05, 3.63) is 17.0 Å². The molecular weight excluding hydrogens is 186 g/mol. The van der Waals surface area contributed by atoms with E-state index in [-0.39, 0.29) is 0 Å². The Morgan fingerprint density at radius 2 is 2.08 bits per heavy atom. The van der Waals surface area contributed by atoms with Gasteiger partial charge >= 0.3 is 0 Å². The minimum absolute atomic E-state index is 0.392. The number of nitrogens with zero attached hydrogens (tertiary/aromatic N) is 1. The summed E-state index contributed by atoms with van der Waals surface area (Å²) in [6.45, 7) is 2.22. The van der Waals surface area contributed by atoms with Crippen LogP contribution in [0.3, 0.4) is 0 Å². The molecule has 0 saturated carbocycles. The van der Waals surface area contributed by atoms with E-state index < -0.39 is 0 Å². The van der Waals surface area contributed by atoms with E-state index in [1.807, 2.05) is 0 Å². The molecular formula is C10H16ClNO. The molecule has 0 N–H and O–H groups in total. The summed E-state index contributed by atoms with van der Waals surface area (Å²) in [5, 5.41) is 4.22. The van der Waals surface area contributed by atoms with E-state index in [9.17, 15) is 0 Å². The van der Waals surface area contributed by atoms with Gasteiger partial charge in [0.2, 0.25) is 5.22 Å². The molecule has 0 unspecified atom stereocenters. The van der Waals surface area contributed by atoms with E-state index in [1.54, 1.807) is 6.07 Å². The first-order chi connectivity index (χ1) is 6.33. The Morgan fingerprint density at radius 3 is 2.69 bits per heavy atom. The third kappa shape index (κ3) is 4.32. The molecule has 0 radical (unpaired) electrons. The van der Waals surface area contributed by atoms with Crippen LogP contribution < -0.4 is 0 Å². The van der Waals surface area contributed by atoms with E-state index in [1.165, 1.54) is 32.1 Å². The lowest BCUT2D eigenvalue weighted by molar-refractivity contribution is 0.412. The molecule has 1 rings (SSSR count). The van der Waals surface area contributed by atoms with Gasteiger partial charge in [-0.1, -0.05) is 37.8 Å². The number of aromatic nitrogens is 1. The average molecular weight is 202 g/mol. The fourth-order valence-corrected chi connectivity index (χ4v) is 1.47. The van der Waals surface area contributed by atoms with Crippen molar-refractivity contribution in [3.63, 3.8) is 0 Å². The quantitative estimate of drug-likeness (QED) is 0.654. The van der Waals surface area contributed by atoms with Crippen molar-refractivity contribution in [2.45, 2.75) is 45.4 Å². The van der Waals surface area contributed by atoms with Crippen LogP contribution in [0.1, 0.15) is 44.7 Å². The van der Waals surface area contributed by atoms with Gasteiger partial charge in [-0.2, -0.15) is 0 Å². The molecule has 0 atom stereocenters. The van der Waals surface area contributed by atoms with E-state index in [4.69, 9.17) is 16.1 Å². The molecule has 1 aromatic heterocycles. The molecule has 0 bridgehead atoms. The van der Waals surface area contributed by atoms with Crippen LogP contribution in [0.4, 0.5) is 0 Å². The van der Waals surface area contributed by atoms with Crippen LogP contribution in [0.25, 0.3) is 0 Å². The minimum Gasteiger partial charge on any atom is -0.344 e. The number of rotatable bonds is 6. The molecule has 1 aromatic rings. The van der Waals surface area contributed by atoms with E-state index in [2.05, 4.69) is 12.1 Å². The maximum atomic E-state index is 5.59. The Balaban J connectivity index is 2.06. The summed E-state index contributed by atoms with van der Waals surface area (Å²) in [6, 6.07) is 1.79. The van der Waals surface area contributed by atoms with Gasteiger partial charge in [0.05, 0.1) is 5.69 Å². The van der Waals surface area contributed by atoms with Crippen LogP contribution in [0.2, 0.25) is 5.22 Å². The minimum atomic E-state index is 0.392. The predicted molar refractivity (Wildman–Crippen MR) is 54.0 cm³/mol. The monoisotopic (exact) mass is 201 g/mol. The van der Waals surface area contributed by atoms with Gasteiger partial charge in [0.15, 0.2) is 0 Å². The Kier molecular flexibility index (Phi) is 4.91. The lowest BCUT2D eigenvalue weighted by Gasteiger charge is -1.96. The zero-order chi connectivity index (χ0) is 9.52. The predicted octanol–water partition coefficient (Wildman–Crippen LogP) is 3.84. The van der Waals surface area contributed by atoms with Crippen LogP contribution in [0.15, 0.2) is 10.6 Å². The smallest absolute Gasteiger partial charge is 0.226 e. The summed E-state index contributed by atoms with van der Waals surface area (Å²) in [4.78, 5) is 0. The average Bonchev–Trinajstić information content (AvgIpc) is 2.51. The zero-order valence-electron chi connectivity index (χ0n) is 8.05. The highest BCUT2D eigenvalue weighted by molar-refractivity contribution is 6.28.